The van der Waals surface area contributed by atoms with Crippen LogP contribution >= 0.6 is 0 Å². The number of nitrogens with zero attached hydrogens (tertiary/aromatic N) is 2. The van der Waals surface area contributed by atoms with Crippen LogP contribution in [0, 0.1) is 0 Å². The number of hydrogen-bond acceptors (Lipinski definition) is 3. The van der Waals surface area contributed by atoms with Gasteiger partial charge < -0.3 is 9.31 Å². The Morgan fingerprint density at radius 2 is 2.00 bits per heavy atom. The Morgan fingerprint density at radius 1 is 1.21 bits per heavy atom. The normalized spacial score (nSPS) is 16.7. The van der Waals surface area contributed by atoms with Crippen LogP contribution in [0.4, 0.5) is 0 Å². The van der Waals surface area contributed by atoms with Crippen molar-refractivity contribution in [3.05, 3.63) is 30.5 Å². The monoisotopic (exact) mass is 188 g/mol. The average molecular weight is 188 g/mol. The van der Waals surface area contributed by atoms with Crippen LogP contribution in [0.25, 0.3) is 10.9 Å². The van der Waals surface area contributed by atoms with E-state index in [0.717, 1.165) is 10.9 Å². The van der Waals surface area contributed by atoms with Gasteiger partial charge in [-0.2, -0.15) is 5.10 Å². The van der Waals surface area contributed by atoms with Gasteiger partial charge in [0.25, 0.3) is 0 Å². The molecule has 0 atom stereocenters. The molecule has 0 amide bonds. The lowest BCUT2D eigenvalue weighted by Gasteiger charge is -2.04. The van der Waals surface area contributed by atoms with Gasteiger partial charge in [0.15, 0.2) is 0 Å². The summed E-state index contributed by atoms with van der Waals surface area (Å²) in [7, 11) is -0.352. The molecule has 1 aromatic carbocycles. The summed E-state index contributed by atoms with van der Waals surface area (Å²) < 4.78 is 12.5. The number of hydrogen-bond donors (Lipinski definition) is 0. The highest BCUT2D eigenvalue weighted by molar-refractivity contribution is 6.44. The van der Waals surface area contributed by atoms with E-state index in [1.165, 1.54) is 0 Å². The van der Waals surface area contributed by atoms with Crippen molar-refractivity contribution in [2.75, 3.05) is 13.2 Å². The molecule has 0 saturated carbocycles. The molecule has 70 valence electrons. The third kappa shape index (κ3) is 1.13. The maximum Gasteiger partial charge on any atom is 0.615 e. The molecule has 1 saturated heterocycles. The van der Waals surface area contributed by atoms with E-state index < -0.39 is 0 Å². The zero-order chi connectivity index (χ0) is 9.38. The molecule has 0 spiro atoms. The summed E-state index contributed by atoms with van der Waals surface area (Å²) in [5, 5.41) is 5.35. The second-order valence-corrected chi connectivity index (χ2v) is 3.20. The Labute approximate surface area is 81.6 Å². The van der Waals surface area contributed by atoms with E-state index >= 15 is 0 Å². The SMILES string of the molecule is c1ccc2c(c1)cnn2B1OCCO1. The van der Waals surface area contributed by atoms with Crippen molar-refractivity contribution in [3.8, 4) is 0 Å². The quantitative estimate of drug-likeness (QED) is 0.624. The van der Waals surface area contributed by atoms with Gasteiger partial charge >= 0.3 is 7.25 Å². The molecule has 5 heteroatoms. The molecule has 1 fully saturated rings. The molecule has 0 aliphatic carbocycles. The highest BCUT2D eigenvalue weighted by Crippen LogP contribution is 2.14. The van der Waals surface area contributed by atoms with Crippen LogP contribution in [-0.2, 0) is 9.31 Å². The summed E-state index contributed by atoms with van der Waals surface area (Å²) in [6.45, 7) is 1.28. The Kier molecular flexibility index (Phi) is 1.78. The molecule has 2 aromatic rings. The first kappa shape index (κ1) is 8.02. The molecule has 0 unspecified atom stereocenters. The predicted molar refractivity (Wildman–Crippen MR) is 52.8 cm³/mol. The van der Waals surface area contributed by atoms with Gasteiger partial charge in [-0.15, -0.1) is 0 Å². The maximum atomic E-state index is 5.38. The first-order valence-electron chi connectivity index (χ1n) is 4.60. The van der Waals surface area contributed by atoms with Crippen molar-refractivity contribution in [3.63, 3.8) is 0 Å². The lowest BCUT2D eigenvalue weighted by atomic mass is 10.1. The largest absolute Gasteiger partial charge is 0.615 e. The average Bonchev–Trinajstić information content (AvgIpc) is 2.85. The first-order valence-corrected chi connectivity index (χ1v) is 4.60. The maximum absolute atomic E-state index is 5.38. The van der Waals surface area contributed by atoms with Crippen molar-refractivity contribution in [2.45, 2.75) is 0 Å². The number of benzene rings is 1. The van der Waals surface area contributed by atoms with Crippen molar-refractivity contribution in [1.29, 1.82) is 0 Å². The topological polar surface area (TPSA) is 36.3 Å². The van der Waals surface area contributed by atoms with Gasteiger partial charge in [-0.3, -0.25) is 4.59 Å². The van der Waals surface area contributed by atoms with Crippen molar-refractivity contribution in [2.24, 2.45) is 0 Å². The third-order valence-corrected chi connectivity index (χ3v) is 2.31. The van der Waals surface area contributed by atoms with Crippen molar-refractivity contribution in [1.82, 2.24) is 9.69 Å². The Hall–Kier alpha value is -1.33. The number of aromatic nitrogens is 2. The van der Waals surface area contributed by atoms with Gasteiger partial charge in [-0.25, -0.2) is 0 Å². The molecule has 0 radical (unpaired) electrons. The van der Waals surface area contributed by atoms with E-state index in [1.54, 1.807) is 4.59 Å². The van der Waals surface area contributed by atoms with Gasteiger partial charge in [-0.05, 0) is 6.07 Å². The number of fused-ring (bicyclic) bond motifs is 1. The second-order valence-electron chi connectivity index (χ2n) is 3.20. The van der Waals surface area contributed by atoms with E-state index in [-0.39, 0.29) is 7.25 Å². The summed E-state index contributed by atoms with van der Waals surface area (Å²) in [5.74, 6) is 0. The minimum Gasteiger partial charge on any atom is -0.388 e. The molecule has 0 bridgehead atoms. The van der Waals surface area contributed by atoms with Crippen LogP contribution in [0.5, 0.6) is 0 Å². The summed E-state index contributed by atoms with van der Waals surface area (Å²) in [6.07, 6.45) is 1.82. The van der Waals surface area contributed by atoms with Crippen molar-refractivity contribution >= 4 is 18.2 Å². The lowest BCUT2D eigenvalue weighted by Crippen LogP contribution is -2.26. The molecule has 14 heavy (non-hydrogen) atoms. The van der Waals surface area contributed by atoms with Crippen LogP contribution in [0.1, 0.15) is 0 Å². The standard InChI is InChI=1S/C9H9BN2O2/c1-2-4-9-8(3-1)7-11-12(9)10-13-5-6-14-10/h1-4,7H,5-6H2. The van der Waals surface area contributed by atoms with Crippen LogP contribution in [0.3, 0.4) is 0 Å². The number of para-hydroxylation sites is 1. The second kappa shape index (κ2) is 3.11. The van der Waals surface area contributed by atoms with Gasteiger partial charge in [0.2, 0.25) is 0 Å². The van der Waals surface area contributed by atoms with E-state index in [2.05, 4.69) is 5.10 Å². The minimum atomic E-state index is -0.352. The Bertz CT molecular complexity index is 451. The fourth-order valence-corrected chi connectivity index (χ4v) is 1.65. The van der Waals surface area contributed by atoms with Crippen LogP contribution in [-0.4, -0.2) is 30.2 Å². The van der Waals surface area contributed by atoms with Crippen LogP contribution in [0.2, 0.25) is 0 Å². The van der Waals surface area contributed by atoms with E-state index in [1.807, 2.05) is 30.5 Å². The summed E-state index contributed by atoms with van der Waals surface area (Å²) >= 11 is 0. The fraction of sp³-hybridized carbons (Fsp3) is 0.222. The van der Waals surface area contributed by atoms with Gasteiger partial charge in [0.1, 0.15) is 0 Å². The molecule has 3 rings (SSSR count). The summed E-state index contributed by atoms with van der Waals surface area (Å²) in [6, 6.07) is 8.00. The third-order valence-electron chi connectivity index (χ3n) is 2.31. The van der Waals surface area contributed by atoms with Crippen LogP contribution in [0.15, 0.2) is 30.5 Å². The lowest BCUT2D eigenvalue weighted by molar-refractivity contribution is 0.357. The summed E-state index contributed by atoms with van der Waals surface area (Å²) in [4.78, 5) is 0. The van der Waals surface area contributed by atoms with Crippen molar-refractivity contribution < 1.29 is 9.31 Å². The zero-order valence-electron chi connectivity index (χ0n) is 7.59. The highest BCUT2D eigenvalue weighted by atomic mass is 16.6. The van der Waals surface area contributed by atoms with Crippen LogP contribution < -0.4 is 0 Å². The highest BCUT2D eigenvalue weighted by Gasteiger charge is 2.29. The van der Waals surface area contributed by atoms with Gasteiger partial charge in [0.05, 0.1) is 24.9 Å². The Morgan fingerprint density at radius 3 is 2.86 bits per heavy atom. The van der Waals surface area contributed by atoms with E-state index in [4.69, 9.17) is 9.31 Å². The first-order chi connectivity index (χ1) is 6.95. The zero-order valence-corrected chi connectivity index (χ0v) is 7.59. The molecule has 4 nitrogen and oxygen atoms in total. The summed E-state index contributed by atoms with van der Waals surface area (Å²) in [5.41, 5.74) is 1.04. The molecular formula is C9H9BN2O2. The number of rotatable bonds is 1. The van der Waals surface area contributed by atoms with Gasteiger partial charge in [-0.1, -0.05) is 18.2 Å². The van der Waals surface area contributed by atoms with E-state index in [9.17, 15) is 0 Å². The Balaban J connectivity index is 2.11. The van der Waals surface area contributed by atoms with E-state index in [0.29, 0.717) is 13.2 Å². The molecule has 1 aliphatic heterocycles. The molecule has 1 aliphatic rings. The molecule has 1 aromatic heterocycles. The smallest absolute Gasteiger partial charge is 0.388 e. The minimum absolute atomic E-state index is 0.352. The molecule has 2 heterocycles. The fourth-order valence-electron chi connectivity index (χ4n) is 1.65. The predicted octanol–water partition coefficient (Wildman–Crippen LogP) is 0.916. The molecular weight excluding hydrogens is 179 g/mol. The van der Waals surface area contributed by atoms with Gasteiger partial charge in [0, 0.05) is 5.39 Å². The molecule has 0 N–H and O–H groups in total.